The molecule has 1 aromatic rings. The average molecular weight is 614 g/mol. The van der Waals surface area contributed by atoms with Crippen molar-refractivity contribution >= 4 is 29.0 Å². The van der Waals surface area contributed by atoms with Gasteiger partial charge in [-0.2, -0.15) is 0 Å². The van der Waals surface area contributed by atoms with E-state index in [9.17, 15) is 14.7 Å². The maximum atomic E-state index is 12.8. The lowest BCUT2D eigenvalue weighted by molar-refractivity contribution is -0.135. The van der Waals surface area contributed by atoms with Crippen LogP contribution in [0.1, 0.15) is 118 Å². The van der Waals surface area contributed by atoms with Crippen LogP contribution in [0.15, 0.2) is 53.1 Å². The monoisotopic (exact) mass is 613 g/mol. The van der Waals surface area contributed by atoms with Crippen LogP contribution in [-0.2, 0) is 16.1 Å². The second kappa shape index (κ2) is 20.4. The van der Waals surface area contributed by atoms with Crippen LogP contribution in [0.4, 0.5) is 0 Å². The van der Waals surface area contributed by atoms with Gasteiger partial charge in [-0.15, -0.1) is 0 Å². The van der Waals surface area contributed by atoms with Crippen molar-refractivity contribution in [3.05, 3.63) is 64.2 Å². The number of β-amino-alcohol motifs (C(OH)–C–C–N with tert-alkyl or cyclic N) is 1. The van der Waals surface area contributed by atoms with E-state index in [0.29, 0.717) is 26.1 Å². The van der Waals surface area contributed by atoms with Crippen LogP contribution >= 0.6 is 11.8 Å². The largest absolute Gasteiger partial charge is 0.391 e. The summed E-state index contributed by atoms with van der Waals surface area (Å²) in [5, 5.41) is 17.9. The number of likely N-dealkylation sites (tertiary alicyclic amines) is 1. The smallest absolute Gasteiger partial charge is 0.245 e. The first kappa shape index (κ1) is 38.5. The molecule has 1 heterocycles. The lowest BCUT2D eigenvalue weighted by atomic mass is 9.85. The number of rotatable bonds is 16. The second-order valence-corrected chi connectivity index (χ2v) is 13.8. The molecule has 0 bridgehead atoms. The molecule has 1 aromatic carbocycles. The zero-order valence-electron chi connectivity index (χ0n) is 28.2. The number of unbranched alkanes of at least 4 members (excludes halogenated alkanes) is 4. The van der Waals surface area contributed by atoms with Gasteiger partial charge in [-0.25, -0.2) is 0 Å². The molecule has 2 atom stereocenters. The minimum absolute atomic E-state index is 0.0844. The molecule has 6 nitrogen and oxygen atoms in total. The molecule has 2 amide bonds. The number of allylic oxidation sites excluding steroid dienone is 3. The topological polar surface area (TPSA) is 81.7 Å². The van der Waals surface area contributed by atoms with Gasteiger partial charge in [0.05, 0.1) is 6.10 Å². The van der Waals surface area contributed by atoms with Crippen molar-refractivity contribution in [2.24, 2.45) is 5.41 Å². The molecule has 242 valence electrons. The molecule has 0 radical (unpaired) electrons. The Kier molecular flexibility index (Phi) is 18.3. The third kappa shape index (κ3) is 15.2. The van der Waals surface area contributed by atoms with Crippen molar-refractivity contribution in [3.8, 4) is 0 Å². The Morgan fingerprint density at radius 1 is 1.12 bits per heavy atom. The van der Waals surface area contributed by atoms with E-state index in [-0.39, 0.29) is 23.5 Å². The summed E-state index contributed by atoms with van der Waals surface area (Å²) >= 11 is 1.78. The SMILES string of the molecule is C=C(CCCCCCC)N[C@H](C(=O)N1CCC(O)C1)C(C)(C)C.CCC(C)=CSC(=C(C)C)c1ccc(CNC=O)cc1. The van der Waals surface area contributed by atoms with Crippen molar-refractivity contribution < 1.29 is 14.7 Å². The maximum absolute atomic E-state index is 12.8. The summed E-state index contributed by atoms with van der Waals surface area (Å²) < 4.78 is 0. The van der Waals surface area contributed by atoms with Crippen LogP contribution < -0.4 is 10.6 Å². The first-order chi connectivity index (χ1) is 20.3. The van der Waals surface area contributed by atoms with Gasteiger partial charge in [0.25, 0.3) is 0 Å². The summed E-state index contributed by atoms with van der Waals surface area (Å²) in [7, 11) is 0. The van der Waals surface area contributed by atoms with E-state index >= 15 is 0 Å². The number of aliphatic hydroxyl groups is 1. The molecule has 1 unspecified atom stereocenters. The highest BCUT2D eigenvalue weighted by Crippen LogP contribution is 2.33. The Morgan fingerprint density at radius 3 is 2.28 bits per heavy atom. The Hall–Kier alpha value is -2.51. The molecule has 0 spiro atoms. The highest BCUT2D eigenvalue weighted by Gasteiger charge is 2.36. The van der Waals surface area contributed by atoms with Crippen LogP contribution in [-0.4, -0.2) is 47.6 Å². The number of hydrogen-bond acceptors (Lipinski definition) is 5. The third-order valence-electron chi connectivity index (χ3n) is 7.51. The summed E-state index contributed by atoms with van der Waals surface area (Å²) in [4.78, 5) is 26.2. The molecule has 0 aliphatic carbocycles. The number of amides is 2. The summed E-state index contributed by atoms with van der Waals surface area (Å²) in [5.41, 5.74) is 5.81. The summed E-state index contributed by atoms with van der Waals surface area (Å²) in [6.45, 7) is 22.8. The summed E-state index contributed by atoms with van der Waals surface area (Å²) in [6, 6.07) is 8.08. The Balaban J connectivity index is 0.000000434. The van der Waals surface area contributed by atoms with Crippen LogP contribution in [0.5, 0.6) is 0 Å². The number of thioether (sulfide) groups is 1. The van der Waals surface area contributed by atoms with Crippen LogP contribution in [0, 0.1) is 5.41 Å². The Morgan fingerprint density at radius 2 is 1.77 bits per heavy atom. The van der Waals surface area contributed by atoms with Gasteiger partial charge in [-0.1, -0.05) is 114 Å². The normalized spacial score (nSPS) is 15.7. The highest BCUT2D eigenvalue weighted by atomic mass is 32.2. The fraction of sp³-hybridized carbons (Fsp3) is 0.611. The number of carbonyl (C=O) groups is 2. The third-order valence-corrected chi connectivity index (χ3v) is 8.91. The second-order valence-electron chi connectivity index (χ2n) is 12.9. The van der Waals surface area contributed by atoms with E-state index < -0.39 is 0 Å². The number of nitrogens with zero attached hydrogens (tertiary/aromatic N) is 1. The van der Waals surface area contributed by atoms with Gasteiger partial charge in [-0.05, 0) is 68.4 Å². The van der Waals surface area contributed by atoms with Gasteiger partial charge in [0.2, 0.25) is 12.3 Å². The molecular formula is C36H59N3O3S. The van der Waals surface area contributed by atoms with Crippen molar-refractivity contribution in [2.45, 2.75) is 125 Å². The summed E-state index contributed by atoms with van der Waals surface area (Å²) in [6.07, 6.45) is 9.20. The van der Waals surface area contributed by atoms with Gasteiger partial charge in [0.1, 0.15) is 6.04 Å². The van der Waals surface area contributed by atoms with E-state index in [1.165, 1.54) is 47.3 Å². The minimum atomic E-state index is -0.374. The van der Waals surface area contributed by atoms with E-state index in [4.69, 9.17) is 0 Å². The first-order valence-corrected chi connectivity index (χ1v) is 16.9. The molecule has 43 heavy (non-hydrogen) atoms. The lowest BCUT2D eigenvalue weighted by Gasteiger charge is -2.34. The number of benzene rings is 1. The standard InChI is InChI=1S/C19H36N2O2.C17H23NOS/c1-6-7-8-9-10-11-15(2)20-17(19(3,4)5)18(23)21-13-12-16(22)14-21;1-5-14(4)11-20-17(13(2)3)16-8-6-15(7-9-16)10-18-12-19/h16-17,20,22H,2,6-14H2,1,3-5H3;6-9,11-12H,5,10H2,1-4H3,(H,18,19)/t16?,17-;/m1./s1. The molecule has 0 saturated carbocycles. The molecule has 1 fully saturated rings. The van der Waals surface area contributed by atoms with E-state index in [1.807, 2.05) is 0 Å². The molecule has 1 aliphatic rings. The zero-order valence-corrected chi connectivity index (χ0v) is 29.0. The van der Waals surface area contributed by atoms with Crippen LogP contribution in [0.2, 0.25) is 0 Å². The van der Waals surface area contributed by atoms with E-state index in [1.54, 1.807) is 16.7 Å². The number of hydrogen-bond donors (Lipinski definition) is 3. The van der Waals surface area contributed by atoms with E-state index in [0.717, 1.165) is 36.9 Å². The molecule has 1 aliphatic heterocycles. The number of nitrogens with one attached hydrogen (secondary N) is 2. The van der Waals surface area contributed by atoms with Crippen molar-refractivity contribution in [3.63, 3.8) is 0 Å². The van der Waals surface area contributed by atoms with Gasteiger partial charge < -0.3 is 20.6 Å². The summed E-state index contributed by atoms with van der Waals surface area (Å²) in [5.74, 6) is 0.0844. The lowest BCUT2D eigenvalue weighted by Crippen LogP contribution is -2.52. The van der Waals surface area contributed by atoms with E-state index in [2.05, 4.69) is 102 Å². The highest BCUT2D eigenvalue weighted by molar-refractivity contribution is 8.11. The van der Waals surface area contributed by atoms with Crippen LogP contribution in [0.25, 0.3) is 4.91 Å². The molecule has 0 aromatic heterocycles. The predicted octanol–water partition coefficient (Wildman–Crippen LogP) is 8.19. The Bertz CT molecular complexity index is 1050. The van der Waals surface area contributed by atoms with Crippen molar-refractivity contribution in [1.82, 2.24) is 15.5 Å². The van der Waals surface area contributed by atoms with Crippen molar-refractivity contribution in [1.29, 1.82) is 0 Å². The van der Waals surface area contributed by atoms with Crippen molar-refractivity contribution in [2.75, 3.05) is 13.1 Å². The Labute approximate surface area is 266 Å². The molecule has 7 heteroatoms. The molecule has 1 saturated heterocycles. The molecule has 3 N–H and O–H groups in total. The van der Waals surface area contributed by atoms with Gasteiger partial charge >= 0.3 is 0 Å². The zero-order chi connectivity index (χ0) is 32.4. The van der Waals surface area contributed by atoms with Crippen LogP contribution in [0.3, 0.4) is 0 Å². The molecule has 2 rings (SSSR count). The maximum Gasteiger partial charge on any atom is 0.245 e. The van der Waals surface area contributed by atoms with Gasteiger partial charge in [0.15, 0.2) is 0 Å². The number of aliphatic hydroxyl groups excluding tert-OH is 1. The predicted molar refractivity (Wildman–Crippen MR) is 185 cm³/mol. The average Bonchev–Trinajstić information content (AvgIpc) is 3.40. The van der Waals surface area contributed by atoms with Gasteiger partial charge in [0, 0.05) is 30.2 Å². The minimum Gasteiger partial charge on any atom is -0.391 e. The fourth-order valence-electron chi connectivity index (χ4n) is 4.64. The first-order valence-electron chi connectivity index (χ1n) is 16.0. The quantitative estimate of drug-likeness (QED) is 0.129. The fourth-order valence-corrected chi connectivity index (χ4v) is 5.64. The molecular weight excluding hydrogens is 554 g/mol. The van der Waals surface area contributed by atoms with Gasteiger partial charge in [-0.3, -0.25) is 9.59 Å². The number of carbonyl (C=O) groups excluding carboxylic acids is 2.